The average molecular weight is 633 g/mol. The van der Waals surface area contributed by atoms with Crippen LogP contribution in [-0.4, -0.2) is 31.8 Å². The maximum atomic E-state index is 14.9. The quantitative estimate of drug-likeness (QED) is 0.233. The Morgan fingerprint density at radius 2 is 1.61 bits per heavy atom. The van der Waals surface area contributed by atoms with E-state index >= 15 is 0 Å². The third-order valence-electron chi connectivity index (χ3n) is 11.9. The summed E-state index contributed by atoms with van der Waals surface area (Å²) in [5.74, 6) is 1.51. The number of hydrogen-bond acceptors (Lipinski definition) is 3. The fourth-order valence-corrected chi connectivity index (χ4v) is 13.1. The molecular weight excluding hydrogens is 575 g/mol. The van der Waals surface area contributed by atoms with Crippen LogP contribution < -0.4 is 10.6 Å². The Labute approximate surface area is 269 Å². The van der Waals surface area contributed by atoms with Crippen molar-refractivity contribution in [2.75, 3.05) is 6.16 Å². The molecule has 0 aromatic heterocycles. The number of fused-ring (bicyclic) bond motifs is 1. The van der Waals surface area contributed by atoms with Gasteiger partial charge in [0.05, 0.1) is 12.2 Å². The van der Waals surface area contributed by atoms with E-state index in [-0.39, 0.29) is 22.7 Å². The molecule has 5 heteroatoms. The molecule has 2 aromatic rings. The fraction of sp³-hybridized carbons (Fsp3) is 0.590. The first-order valence-corrected chi connectivity index (χ1v) is 22.0. The summed E-state index contributed by atoms with van der Waals surface area (Å²) >= 11 is 0. The third kappa shape index (κ3) is 6.99. The molecule has 3 saturated carbocycles. The fourth-order valence-electron chi connectivity index (χ4n) is 8.64. The average Bonchev–Trinajstić information content (AvgIpc) is 3.33. The SMILES string of the molecule is C[C@H](CP(=O)(c1ccccc1)c1ccccc1)C1CCC2/C(=C/C=C3/C[C@@H](O)C[C@H](O[Si](C)(C)C(C)(C)C)C3)CCC[C@@]21C. The summed E-state index contributed by atoms with van der Waals surface area (Å²) in [6.07, 6.45) is 13.8. The van der Waals surface area contributed by atoms with Gasteiger partial charge >= 0.3 is 0 Å². The first-order valence-electron chi connectivity index (χ1n) is 17.2. The summed E-state index contributed by atoms with van der Waals surface area (Å²) in [4.78, 5) is 0. The van der Waals surface area contributed by atoms with Gasteiger partial charge in [0, 0.05) is 16.8 Å². The summed E-state index contributed by atoms with van der Waals surface area (Å²) in [6, 6.07) is 20.4. The molecule has 0 saturated heterocycles. The Hall–Kier alpha value is -1.71. The minimum Gasteiger partial charge on any atom is -0.414 e. The van der Waals surface area contributed by atoms with E-state index in [0.29, 0.717) is 17.8 Å². The highest BCUT2D eigenvalue weighted by molar-refractivity contribution is 7.78. The van der Waals surface area contributed by atoms with Crippen LogP contribution in [0.15, 0.2) is 84.0 Å². The largest absolute Gasteiger partial charge is 0.414 e. The summed E-state index contributed by atoms with van der Waals surface area (Å²) in [6.45, 7) is 16.4. The molecule has 2 unspecified atom stereocenters. The molecular formula is C39H57O3PSi. The van der Waals surface area contributed by atoms with Gasteiger partial charge in [-0.05, 0) is 92.7 Å². The van der Waals surface area contributed by atoms with Crippen molar-refractivity contribution in [1.29, 1.82) is 0 Å². The van der Waals surface area contributed by atoms with Gasteiger partial charge in [-0.2, -0.15) is 0 Å². The maximum absolute atomic E-state index is 14.9. The summed E-state index contributed by atoms with van der Waals surface area (Å²) in [5.41, 5.74) is 3.17. The molecule has 0 radical (unpaired) electrons. The molecule has 2 aromatic carbocycles. The van der Waals surface area contributed by atoms with Crippen molar-refractivity contribution in [3.63, 3.8) is 0 Å². The number of hydrogen-bond donors (Lipinski definition) is 1. The zero-order valence-electron chi connectivity index (χ0n) is 28.4. The topological polar surface area (TPSA) is 46.5 Å². The van der Waals surface area contributed by atoms with Crippen LogP contribution in [0.5, 0.6) is 0 Å². The van der Waals surface area contributed by atoms with Crippen LogP contribution in [0, 0.1) is 23.2 Å². The van der Waals surface area contributed by atoms with Crippen LogP contribution in [-0.2, 0) is 8.99 Å². The minimum atomic E-state index is -2.75. The van der Waals surface area contributed by atoms with Gasteiger partial charge < -0.3 is 14.1 Å². The Balaban J connectivity index is 1.34. The number of allylic oxidation sites excluding steroid dienone is 3. The van der Waals surface area contributed by atoms with Gasteiger partial charge in [-0.15, -0.1) is 0 Å². The third-order valence-corrected chi connectivity index (χ3v) is 19.8. The molecule has 0 bridgehead atoms. The van der Waals surface area contributed by atoms with Crippen LogP contribution in [0.2, 0.25) is 18.1 Å². The van der Waals surface area contributed by atoms with Crippen molar-refractivity contribution >= 4 is 26.1 Å². The first-order chi connectivity index (χ1) is 20.7. The molecule has 0 aliphatic heterocycles. The molecule has 44 heavy (non-hydrogen) atoms. The molecule has 240 valence electrons. The zero-order valence-corrected chi connectivity index (χ0v) is 30.3. The molecule has 0 heterocycles. The van der Waals surface area contributed by atoms with Crippen LogP contribution in [0.4, 0.5) is 0 Å². The van der Waals surface area contributed by atoms with Gasteiger partial charge in [0.25, 0.3) is 0 Å². The molecule has 6 atom stereocenters. The smallest absolute Gasteiger partial charge is 0.192 e. The second-order valence-corrected chi connectivity index (χ2v) is 23.7. The van der Waals surface area contributed by atoms with Crippen molar-refractivity contribution < 1.29 is 14.1 Å². The van der Waals surface area contributed by atoms with E-state index in [1.807, 2.05) is 36.4 Å². The van der Waals surface area contributed by atoms with Crippen LogP contribution >= 0.6 is 7.14 Å². The van der Waals surface area contributed by atoms with Crippen molar-refractivity contribution in [3.8, 4) is 0 Å². The lowest BCUT2D eigenvalue weighted by atomic mass is 9.61. The van der Waals surface area contributed by atoms with E-state index in [0.717, 1.165) is 36.0 Å². The predicted octanol–water partition coefficient (Wildman–Crippen LogP) is 9.64. The second kappa shape index (κ2) is 13.2. The van der Waals surface area contributed by atoms with Gasteiger partial charge in [0.15, 0.2) is 8.32 Å². The number of benzene rings is 2. The van der Waals surface area contributed by atoms with Gasteiger partial charge in [0.1, 0.15) is 7.14 Å². The van der Waals surface area contributed by atoms with Crippen molar-refractivity contribution in [2.45, 2.75) is 116 Å². The Kier molecular flexibility index (Phi) is 10.1. The van der Waals surface area contributed by atoms with E-state index in [9.17, 15) is 9.67 Å². The van der Waals surface area contributed by atoms with Crippen molar-refractivity contribution in [3.05, 3.63) is 84.0 Å². The lowest BCUT2D eigenvalue weighted by Gasteiger charge is -2.45. The Bertz CT molecular complexity index is 1330. The second-order valence-electron chi connectivity index (χ2n) is 16.0. The highest BCUT2D eigenvalue weighted by Crippen LogP contribution is 2.61. The maximum Gasteiger partial charge on any atom is 0.192 e. The summed E-state index contributed by atoms with van der Waals surface area (Å²) in [5, 5.41) is 12.9. The lowest BCUT2D eigenvalue weighted by Crippen LogP contribution is -2.45. The summed E-state index contributed by atoms with van der Waals surface area (Å²) < 4.78 is 21.7. The molecule has 3 aliphatic rings. The van der Waals surface area contributed by atoms with Crippen molar-refractivity contribution in [2.24, 2.45) is 23.2 Å². The molecule has 3 nitrogen and oxygen atoms in total. The predicted molar refractivity (Wildman–Crippen MR) is 190 cm³/mol. The summed E-state index contributed by atoms with van der Waals surface area (Å²) in [7, 11) is -4.64. The van der Waals surface area contributed by atoms with Gasteiger partial charge in [-0.3, -0.25) is 0 Å². The molecule has 3 fully saturated rings. The van der Waals surface area contributed by atoms with Crippen molar-refractivity contribution in [1.82, 2.24) is 0 Å². The van der Waals surface area contributed by atoms with Crippen LogP contribution in [0.3, 0.4) is 0 Å². The monoisotopic (exact) mass is 632 g/mol. The number of aliphatic hydroxyl groups excluding tert-OH is 1. The Morgan fingerprint density at radius 1 is 1.00 bits per heavy atom. The molecule has 0 spiro atoms. The molecule has 1 N–H and O–H groups in total. The number of rotatable bonds is 8. The van der Waals surface area contributed by atoms with E-state index in [2.05, 4.69) is 84.1 Å². The molecule has 0 amide bonds. The van der Waals surface area contributed by atoms with E-state index < -0.39 is 15.5 Å². The lowest BCUT2D eigenvalue weighted by molar-refractivity contribution is 0.0667. The highest BCUT2D eigenvalue weighted by Gasteiger charge is 2.51. The van der Waals surface area contributed by atoms with Gasteiger partial charge in [-0.25, -0.2) is 0 Å². The van der Waals surface area contributed by atoms with Crippen LogP contribution in [0.1, 0.15) is 86.0 Å². The standard InChI is InChI=1S/C39H57O3PSi/c1-29(28-43(41,34-16-10-8-11-17-34)35-18-12-9-13-19-35)36-22-23-37-31(15-14-24-39(36,37)5)21-20-30-25-32(40)27-33(26-30)42-44(6,7)38(2,3)4/h8-13,16-21,29,32-33,36-37,40H,14-15,22-28H2,1-7H3/b30-20-,31-21+/t29-,32-,33-,36?,37?,39-/m1/s1. The van der Waals surface area contributed by atoms with E-state index in [4.69, 9.17) is 4.43 Å². The van der Waals surface area contributed by atoms with Gasteiger partial charge in [-0.1, -0.05) is 119 Å². The van der Waals surface area contributed by atoms with Crippen LogP contribution in [0.25, 0.3) is 0 Å². The molecule has 3 aliphatic carbocycles. The number of aliphatic hydroxyl groups is 1. The highest BCUT2D eigenvalue weighted by atomic mass is 31.2. The first kappa shape index (κ1) is 33.6. The minimum absolute atomic E-state index is 0.113. The normalized spacial score (nSPS) is 30.8. The zero-order chi connectivity index (χ0) is 31.8. The molecule has 5 rings (SSSR count). The van der Waals surface area contributed by atoms with E-state index in [1.165, 1.54) is 37.7 Å². The van der Waals surface area contributed by atoms with E-state index in [1.54, 1.807) is 5.57 Å². The van der Waals surface area contributed by atoms with Gasteiger partial charge in [0.2, 0.25) is 0 Å². The Morgan fingerprint density at radius 3 is 2.20 bits per heavy atom.